The van der Waals surface area contributed by atoms with Crippen molar-refractivity contribution in [2.75, 3.05) is 5.32 Å². The van der Waals surface area contributed by atoms with Crippen LogP contribution in [0.5, 0.6) is 0 Å². The summed E-state index contributed by atoms with van der Waals surface area (Å²) in [7, 11) is 0. The fraction of sp³-hybridized carbons (Fsp3) is 0.360. The zero-order valence-corrected chi connectivity index (χ0v) is 20.0. The zero-order chi connectivity index (χ0) is 23.2. The van der Waals surface area contributed by atoms with E-state index in [1.165, 1.54) is 0 Å². The fourth-order valence-electron chi connectivity index (χ4n) is 4.69. The van der Waals surface area contributed by atoms with E-state index in [2.05, 4.69) is 24.1 Å². The van der Waals surface area contributed by atoms with Crippen LogP contribution in [0.25, 0.3) is 0 Å². The molecule has 0 radical (unpaired) electrons. The number of Topliss-reactive ketones (excluding diaryl/α,β-unsaturated/α-hetero) is 1. The van der Waals surface area contributed by atoms with Gasteiger partial charge in [-0.2, -0.15) is 0 Å². The van der Waals surface area contributed by atoms with E-state index in [1.54, 1.807) is 24.3 Å². The quantitative estimate of drug-likeness (QED) is 0.585. The molecule has 1 aliphatic heterocycles. The van der Waals surface area contributed by atoms with Gasteiger partial charge in [-0.3, -0.25) is 14.6 Å². The van der Waals surface area contributed by atoms with Gasteiger partial charge in [0.15, 0.2) is 5.78 Å². The van der Waals surface area contributed by atoms with Crippen LogP contribution in [0.15, 0.2) is 52.7 Å². The molecule has 1 N–H and O–H groups in total. The lowest BCUT2D eigenvalue weighted by molar-refractivity contribution is -0.119. The van der Waals surface area contributed by atoms with Crippen molar-refractivity contribution in [2.45, 2.75) is 46.5 Å². The predicted molar refractivity (Wildman–Crippen MR) is 128 cm³/mol. The second kappa shape index (κ2) is 8.45. The van der Waals surface area contributed by atoms with Crippen molar-refractivity contribution in [3.8, 4) is 0 Å². The first kappa shape index (κ1) is 22.7. The molecule has 1 amide bonds. The third-order valence-electron chi connectivity index (χ3n) is 6.02. The molecule has 32 heavy (non-hydrogen) atoms. The number of aliphatic imine (C=N–C) groups is 1. The molecular weight excluding hydrogens is 445 g/mol. The number of anilines is 1. The minimum atomic E-state index is -0.695. The first-order valence-corrected chi connectivity index (χ1v) is 11.3. The van der Waals surface area contributed by atoms with E-state index in [4.69, 9.17) is 28.2 Å². The van der Waals surface area contributed by atoms with Crippen molar-refractivity contribution in [3.05, 3.63) is 69.0 Å². The van der Waals surface area contributed by atoms with Crippen LogP contribution in [-0.4, -0.2) is 22.4 Å². The van der Waals surface area contributed by atoms with Gasteiger partial charge in [0, 0.05) is 45.1 Å². The molecule has 0 saturated heterocycles. The number of carbonyl (C=O) groups is 2. The number of benzene rings is 1. The zero-order valence-electron chi connectivity index (χ0n) is 18.5. The highest BCUT2D eigenvalue weighted by atomic mass is 35.5. The first-order chi connectivity index (χ1) is 15.1. The Morgan fingerprint density at radius 1 is 1.12 bits per heavy atom. The molecule has 2 heterocycles. The highest BCUT2D eigenvalue weighted by Crippen LogP contribution is 2.49. The minimum absolute atomic E-state index is 0.00926. The molecule has 2 aromatic rings. The number of amides is 1. The van der Waals surface area contributed by atoms with Gasteiger partial charge >= 0.3 is 0 Å². The second-order valence-electron chi connectivity index (χ2n) is 9.33. The molecule has 0 fully saturated rings. The number of ketones is 1. The Balaban J connectivity index is 1.83. The lowest BCUT2D eigenvalue weighted by Crippen LogP contribution is -2.41. The summed E-state index contributed by atoms with van der Waals surface area (Å²) < 4.78 is 0. The topological polar surface area (TPSA) is 71.4 Å². The second-order valence-corrected chi connectivity index (χ2v) is 10.2. The van der Waals surface area contributed by atoms with Gasteiger partial charge < -0.3 is 5.32 Å². The molecule has 4 rings (SSSR count). The molecule has 1 aromatic carbocycles. The summed E-state index contributed by atoms with van der Waals surface area (Å²) in [5.74, 6) is -1.04. The maximum absolute atomic E-state index is 13.5. The third kappa shape index (κ3) is 4.37. The van der Waals surface area contributed by atoms with Crippen LogP contribution in [-0.2, 0) is 9.59 Å². The molecule has 7 heteroatoms. The number of halogens is 2. The molecule has 166 valence electrons. The van der Waals surface area contributed by atoms with Crippen LogP contribution >= 0.6 is 23.2 Å². The van der Waals surface area contributed by atoms with E-state index < -0.39 is 11.8 Å². The van der Waals surface area contributed by atoms with E-state index in [-0.39, 0.29) is 17.1 Å². The largest absolute Gasteiger partial charge is 0.310 e. The average molecular weight is 470 g/mol. The Labute approximate surface area is 197 Å². The van der Waals surface area contributed by atoms with E-state index >= 15 is 0 Å². The molecule has 0 saturated carbocycles. The van der Waals surface area contributed by atoms with Crippen LogP contribution < -0.4 is 5.32 Å². The first-order valence-electron chi connectivity index (χ1n) is 10.6. The monoisotopic (exact) mass is 469 g/mol. The highest BCUT2D eigenvalue weighted by molar-refractivity contribution is 6.35. The van der Waals surface area contributed by atoms with Crippen molar-refractivity contribution in [3.63, 3.8) is 0 Å². The lowest BCUT2D eigenvalue weighted by Gasteiger charge is -2.39. The molecule has 0 spiro atoms. The molecule has 5 nitrogen and oxygen atoms in total. The number of nitrogens with zero attached hydrogens (tertiary/aromatic N) is 2. The number of nitrogens with one attached hydrogen (secondary N) is 1. The Bertz CT molecular complexity index is 1180. The Hall–Kier alpha value is -2.50. The van der Waals surface area contributed by atoms with Gasteiger partial charge in [0.25, 0.3) is 0 Å². The summed E-state index contributed by atoms with van der Waals surface area (Å²) in [6, 6.07) is 10.6. The summed E-state index contributed by atoms with van der Waals surface area (Å²) >= 11 is 12.7. The fourth-order valence-corrected chi connectivity index (χ4v) is 5.22. The van der Waals surface area contributed by atoms with E-state index in [1.807, 2.05) is 26.0 Å². The molecular formula is C25H25Cl2N3O2. The molecule has 1 aromatic heterocycles. The van der Waals surface area contributed by atoms with E-state index in [9.17, 15) is 9.59 Å². The number of allylic oxidation sites excluding steroid dienone is 2. The van der Waals surface area contributed by atoms with Gasteiger partial charge in [0.2, 0.25) is 5.91 Å². The summed E-state index contributed by atoms with van der Waals surface area (Å²) in [6.07, 6.45) is 1.07. The van der Waals surface area contributed by atoms with Crippen LogP contribution in [0.4, 0.5) is 5.82 Å². The summed E-state index contributed by atoms with van der Waals surface area (Å²) in [4.78, 5) is 36.0. The predicted octanol–water partition coefficient (Wildman–Crippen LogP) is 6.15. The Morgan fingerprint density at radius 3 is 2.56 bits per heavy atom. The number of pyridine rings is 1. The van der Waals surface area contributed by atoms with Crippen molar-refractivity contribution in [2.24, 2.45) is 16.3 Å². The van der Waals surface area contributed by atoms with Crippen LogP contribution in [0, 0.1) is 18.3 Å². The average Bonchev–Trinajstić information content (AvgIpc) is 2.66. The number of rotatable bonds is 3. The molecule has 2 atom stereocenters. The molecule has 0 bridgehead atoms. The molecule has 2 aliphatic rings. The van der Waals surface area contributed by atoms with Gasteiger partial charge in [-0.25, -0.2) is 4.98 Å². The summed E-state index contributed by atoms with van der Waals surface area (Å²) in [5, 5.41) is 3.83. The Morgan fingerprint density at radius 2 is 1.88 bits per heavy atom. The molecule has 1 unspecified atom stereocenters. The SMILES string of the molecule is CC1=NC2=C(C(=O)CC(C)(C)C2)[C@@H](c2ccc(Cl)cc2Cl)C1C(=O)Nc1cccc(C)n1. The summed E-state index contributed by atoms with van der Waals surface area (Å²) in [5.41, 5.74) is 3.28. The van der Waals surface area contributed by atoms with Crippen LogP contribution in [0.2, 0.25) is 10.0 Å². The normalized spacial score (nSPS) is 22.3. The number of aryl methyl sites for hydroxylation is 1. The maximum Gasteiger partial charge on any atom is 0.235 e. The minimum Gasteiger partial charge on any atom is -0.310 e. The van der Waals surface area contributed by atoms with Crippen molar-refractivity contribution >= 4 is 46.4 Å². The van der Waals surface area contributed by atoms with E-state index in [0.717, 1.165) is 11.4 Å². The Kier molecular flexibility index (Phi) is 5.99. The van der Waals surface area contributed by atoms with Gasteiger partial charge in [0.1, 0.15) is 5.82 Å². The van der Waals surface area contributed by atoms with Crippen LogP contribution in [0.1, 0.15) is 50.8 Å². The third-order valence-corrected chi connectivity index (χ3v) is 6.58. The summed E-state index contributed by atoms with van der Waals surface area (Å²) in [6.45, 7) is 7.82. The van der Waals surface area contributed by atoms with Crippen molar-refractivity contribution in [1.82, 2.24) is 4.98 Å². The number of hydrogen-bond acceptors (Lipinski definition) is 4. The standard InChI is InChI=1S/C25H25Cl2N3O2/c1-13-6-5-7-20(28-13)30-24(32)21-14(2)29-18-11-25(3,4)12-19(31)23(18)22(21)16-9-8-15(26)10-17(16)27/h5-10,21-22H,11-12H2,1-4H3,(H,28,30,32)/t21?,22-/m0/s1. The van der Waals surface area contributed by atoms with Gasteiger partial charge in [-0.05, 0) is 55.5 Å². The number of hydrogen-bond donors (Lipinski definition) is 1. The van der Waals surface area contributed by atoms with E-state index in [0.29, 0.717) is 45.6 Å². The highest BCUT2D eigenvalue weighted by Gasteiger charge is 2.46. The number of carbonyl (C=O) groups excluding carboxylic acids is 2. The van der Waals surface area contributed by atoms with Gasteiger partial charge in [0.05, 0.1) is 5.92 Å². The maximum atomic E-state index is 13.5. The van der Waals surface area contributed by atoms with Crippen molar-refractivity contribution < 1.29 is 9.59 Å². The van der Waals surface area contributed by atoms with Gasteiger partial charge in [-0.1, -0.05) is 49.2 Å². The molecule has 1 aliphatic carbocycles. The van der Waals surface area contributed by atoms with Crippen molar-refractivity contribution in [1.29, 1.82) is 0 Å². The smallest absolute Gasteiger partial charge is 0.235 e. The lowest BCUT2D eigenvalue weighted by atomic mass is 9.66. The van der Waals surface area contributed by atoms with Crippen LogP contribution in [0.3, 0.4) is 0 Å². The number of aromatic nitrogens is 1. The van der Waals surface area contributed by atoms with Gasteiger partial charge in [-0.15, -0.1) is 0 Å².